The Bertz CT molecular complexity index is 1050. The summed E-state index contributed by atoms with van der Waals surface area (Å²) in [5, 5.41) is 17.1. The summed E-state index contributed by atoms with van der Waals surface area (Å²) in [6.07, 6.45) is 0.600. The number of rotatable bonds is 4. The van der Waals surface area contributed by atoms with Crippen LogP contribution in [-0.2, 0) is 16.0 Å². The van der Waals surface area contributed by atoms with Crippen LogP contribution in [0.2, 0.25) is 0 Å². The van der Waals surface area contributed by atoms with Crippen LogP contribution in [0.15, 0.2) is 40.8 Å². The minimum Gasteiger partial charge on any atom is -0.456 e. The van der Waals surface area contributed by atoms with Crippen molar-refractivity contribution in [3.8, 4) is 6.07 Å². The molecule has 2 aromatic carbocycles. The van der Waals surface area contributed by atoms with E-state index in [0.29, 0.717) is 30.7 Å². The second kappa shape index (κ2) is 7.97. The van der Waals surface area contributed by atoms with Crippen LogP contribution in [0.5, 0.6) is 0 Å². The van der Waals surface area contributed by atoms with Gasteiger partial charge in [-0.05, 0) is 36.7 Å². The Kier molecular flexibility index (Phi) is 5.24. The van der Waals surface area contributed by atoms with E-state index < -0.39 is 12.1 Å². The van der Waals surface area contributed by atoms with Crippen molar-refractivity contribution in [1.82, 2.24) is 10.6 Å². The quantitative estimate of drug-likeness (QED) is 0.726. The standard InChI is InChI=1S/C21H20FN3O3/c22-14-3-5-17-16-4-2-13(9-18(16)28-19(17)10-14)8-15(11-23)25-21(26)20-12-24-6-1-7-27-20/h2-5,9-10,15,20,24H,1,6-8,12H2,(H,25,26)/t15?,20-/m0/s1. The van der Waals surface area contributed by atoms with Gasteiger partial charge in [0.2, 0.25) is 0 Å². The number of carbonyl (C=O) groups excluding carboxylic acids is 1. The maximum Gasteiger partial charge on any atom is 0.251 e. The highest BCUT2D eigenvalue weighted by Gasteiger charge is 2.23. The van der Waals surface area contributed by atoms with Crippen molar-refractivity contribution in [1.29, 1.82) is 5.26 Å². The molecule has 6 nitrogen and oxygen atoms in total. The van der Waals surface area contributed by atoms with Gasteiger partial charge in [0, 0.05) is 36.4 Å². The number of hydrogen-bond acceptors (Lipinski definition) is 5. The van der Waals surface area contributed by atoms with Crippen LogP contribution in [0.25, 0.3) is 21.9 Å². The maximum absolute atomic E-state index is 13.4. The van der Waals surface area contributed by atoms with E-state index in [1.807, 2.05) is 18.2 Å². The fourth-order valence-electron chi connectivity index (χ4n) is 3.43. The monoisotopic (exact) mass is 381 g/mol. The number of carbonyl (C=O) groups is 1. The summed E-state index contributed by atoms with van der Waals surface area (Å²) in [4.78, 5) is 12.4. The highest BCUT2D eigenvalue weighted by atomic mass is 19.1. The molecule has 4 rings (SSSR count). The van der Waals surface area contributed by atoms with E-state index in [-0.39, 0.29) is 11.7 Å². The molecule has 1 aliphatic heterocycles. The first-order chi connectivity index (χ1) is 13.6. The Morgan fingerprint density at radius 1 is 1.29 bits per heavy atom. The fourth-order valence-corrected chi connectivity index (χ4v) is 3.43. The van der Waals surface area contributed by atoms with Crippen molar-refractivity contribution in [2.45, 2.75) is 25.0 Å². The Hall–Kier alpha value is -2.95. The molecule has 1 saturated heterocycles. The van der Waals surface area contributed by atoms with E-state index in [1.165, 1.54) is 12.1 Å². The van der Waals surface area contributed by atoms with Gasteiger partial charge in [-0.15, -0.1) is 0 Å². The normalized spacial score (nSPS) is 18.5. The molecule has 0 bridgehead atoms. The molecule has 28 heavy (non-hydrogen) atoms. The molecule has 144 valence electrons. The molecule has 1 amide bonds. The highest BCUT2D eigenvalue weighted by Crippen LogP contribution is 2.30. The third kappa shape index (κ3) is 3.84. The van der Waals surface area contributed by atoms with Gasteiger partial charge in [-0.3, -0.25) is 4.79 Å². The van der Waals surface area contributed by atoms with Crippen LogP contribution >= 0.6 is 0 Å². The lowest BCUT2D eigenvalue weighted by Gasteiger charge is -2.18. The molecule has 0 saturated carbocycles. The largest absolute Gasteiger partial charge is 0.456 e. The van der Waals surface area contributed by atoms with Crippen LogP contribution in [0.1, 0.15) is 12.0 Å². The molecule has 0 radical (unpaired) electrons. The van der Waals surface area contributed by atoms with E-state index >= 15 is 0 Å². The van der Waals surface area contributed by atoms with Gasteiger partial charge in [0.15, 0.2) is 0 Å². The minimum atomic E-state index is -0.682. The van der Waals surface area contributed by atoms with Crippen molar-refractivity contribution in [2.75, 3.05) is 19.7 Å². The smallest absolute Gasteiger partial charge is 0.251 e. The molecular weight excluding hydrogens is 361 g/mol. The second-order valence-electron chi connectivity index (χ2n) is 6.88. The van der Waals surface area contributed by atoms with Gasteiger partial charge in [0.05, 0.1) is 6.07 Å². The molecular formula is C21H20FN3O3. The van der Waals surface area contributed by atoms with Gasteiger partial charge in [-0.1, -0.05) is 12.1 Å². The van der Waals surface area contributed by atoms with E-state index in [9.17, 15) is 14.4 Å². The van der Waals surface area contributed by atoms with Crippen molar-refractivity contribution in [3.05, 3.63) is 47.8 Å². The Balaban J connectivity index is 1.50. The molecule has 2 N–H and O–H groups in total. The number of nitrogens with zero attached hydrogens (tertiary/aromatic N) is 1. The van der Waals surface area contributed by atoms with E-state index in [4.69, 9.17) is 9.15 Å². The Labute approximate surface area is 161 Å². The minimum absolute atomic E-state index is 0.291. The van der Waals surface area contributed by atoms with Crippen LogP contribution in [-0.4, -0.2) is 37.7 Å². The number of fused-ring (bicyclic) bond motifs is 3. The molecule has 7 heteroatoms. The number of hydrogen-bond donors (Lipinski definition) is 2. The lowest BCUT2D eigenvalue weighted by molar-refractivity contribution is -0.132. The molecule has 0 aliphatic carbocycles. The summed E-state index contributed by atoms with van der Waals surface area (Å²) < 4.78 is 24.7. The molecule has 1 aromatic heterocycles. The maximum atomic E-state index is 13.4. The third-order valence-corrected chi connectivity index (χ3v) is 4.85. The zero-order valence-corrected chi connectivity index (χ0v) is 15.2. The molecule has 1 unspecified atom stereocenters. The number of halogens is 1. The van der Waals surface area contributed by atoms with Gasteiger partial charge in [-0.2, -0.15) is 5.26 Å². The summed E-state index contributed by atoms with van der Waals surface area (Å²) in [5.74, 6) is -0.643. The summed E-state index contributed by atoms with van der Waals surface area (Å²) in [6, 6.07) is 11.5. The van der Waals surface area contributed by atoms with Crippen LogP contribution in [0, 0.1) is 17.1 Å². The first-order valence-corrected chi connectivity index (χ1v) is 9.27. The zero-order chi connectivity index (χ0) is 19.5. The molecule has 2 heterocycles. The summed E-state index contributed by atoms with van der Waals surface area (Å²) >= 11 is 0. The third-order valence-electron chi connectivity index (χ3n) is 4.85. The average molecular weight is 381 g/mol. The Morgan fingerprint density at radius 3 is 2.89 bits per heavy atom. The van der Waals surface area contributed by atoms with Gasteiger partial charge in [0.25, 0.3) is 5.91 Å². The Morgan fingerprint density at radius 2 is 2.07 bits per heavy atom. The summed E-state index contributed by atoms with van der Waals surface area (Å²) in [5.41, 5.74) is 1.95. The number of benzene rings is 2. The number of amides is 1. The topological polar surface area (TPSA) is 87.3 Å². The molecule has 2 atom stereocenters. The predicted octanol–water partition coefficient (Wildman–Crippen LogP) is 2.65. The molecule has 1 aliphatic rings. The molecule has 0 spiro atoms. The van der Waals surface area contributed by atoms with Gasteiger partial charge in [-0.25, -0.2) is 4.39 Å². The van der Waals surface area contributed by atoms with Crippen molar-refractivity contribution in [2.24, 2.45) is 0 Å². The second-order valence-corrected chi connectivity index (χ2v) is 6.88. The lowest BCUT2D eigenvalue weighted by Crippen LogP contribution is -2.46. The van der Waals surface area contributed by atoms with Crippen LogP contribution in [0.3, 0.4) is 0 Å². The van der Waals surface area contributed by atoms with Crippen molar-refractivity contribution < 1.29 is 18.3 Å². The van der Waals surface area contributed by atoms with E-state index in [0.717, 1.165) is 29.3 Å². The SMILES string of the molecule is N#CC(Cc1ccc2c(c1)oc1cc(F)ccc12)NC(=O)[C@@H]1CNCCCO1. The molecule has 3 aromatic rings. The zero-order valence-electron chi connectivity index (χ0n) is 15.2. The predicted molar refractivity (Wildman–Crippen MR) is 102 cm³/mol. The number of nitrogens with one attached hydrogen (secondary N) is 2. The van der Waals surface area contributed by atoms with Crippen molar-refractivity contribution >= 4 is 27.8 Å². The van der Waals surface area contributed by atoms with Crippen LogP contribution < -0.4 is 10.6 Å². The summed E-state index contributed by atoms with van der Waals surface area (Å²) in [7, 11) is 0. The van der Waals surface area contributed by atoms with Crippen molar-refractivity contribution in [3.63, 3.8) is 0 Å². The first kappa shape index (κ1) is 18.4. The number of nitriles is 1. The lowest BCUT2D eigenvalue weighted by atomic mass is 10.0. The van der Waals surface area contributed by atoms with Gasteiger partial charge >= 0.3 is 0 Å². The highest BCUT2D eigenvalue weighted by molar-refractivity contribution is 6.04. The average Bonchev–Trinajstić information content (AvgIpc) is 2.85. The van der Waals surface area contributed by atoms with Gasteiger partial charge < -0.3 is 19.8 Å². The first-order valence-electron chi connectivity index (χ1n) is 9.27. The summed E-state index contributed by atoms with van der Waals surface area (Å²) in [6.45, 7) is 1.77. The number of ether oxygens (including phenoxy) is 1. The fraction of sp³-hybridized carbons (Fsp3) is 0.333. The molecule has 1 fully saturated rings. The van der Waals surface area contributed by atoms with E-state index in [1.54, 1.807) is 6.07 Å². The van der Waals surface area contributed by atoms with E-state index in [2.05, 4.69) is 16.7 Å². The van der Waals surface area contributed by atoms with Gasteiger partial charge in [0.1, 0.15) is 29.1 Å². The van der Waals surface area contributed by atoms with Crippen LogP contribution in [0.4, 0.5) is 4.39 Å². The number of furan rings is 1.